The second-order valence-electron chi connectivity index (χ2n) is 4.13. The van der Waals surface area contributed by atoms with E-state index in [-0.39, 0.29) is 5.91 Å². The van der Waals surface area contributed by atoms with E-state index in [1.165, 1.54) is 11.3 Å². The molecule has 0 saturated heterocycles. The molecule has 1 aromatic carbocycles. The number of nitrogen functional groups attached to an aromatic ring is 1. The van der Waals surface area contributed by atoms with Gasteiger partial charge in [0.25, 0.3) is 5.91 Å². The van der Waals surface area contributed by atoms with E-state index in [0.29, 0.717) is 21.5 Å². The third-order valence-electron chi connectivity index (χ3n) is 2.76. The molecule has 3 aromatic rings. The number of fused-ring (bicyclic) bond motifs is 1. The quantitative estimate of drug-likeness (QED) is 0.510. The maximum Gasteiger partial charge on any atom is 0.261 e. The van der Waals surface area contributed by atoms with Gasteiger partial charge in [-0.05, 0) is 30.3 Å². The first-order chi connectivity index (χ1) is 10.2. The number of hydrogen-bond donors (Lipinski definition) is 3. The summed E-state index contributed by atoms with van der Waals surface area (Å²) in [5, 5.41) is 3.85. The topological polar surface area (TPSA) is 92.9 Å². The van der Waals surface area contributed by atoms with Crippen LogP contribution in [0.15, 0.2) is 36.5 Å². The molecule has 6 nitrogen and oxygen atoms in total. The summed E-state index contributed by atoms with van der Waals surface area (Å²) in [7, 11) is 0. The summed E-state index contributed by atoms with van der Waals surface area (Å²) >= 11 is 7.28. The molecule has 0 aliphatic carbocycles. The lowest BCUT2D eigenvalue weighted by molar-refractivity contribution is 0.102. The van der Waals surface area contributed by atoms with Crippen molar-refractivity contribution in [1.29, 1.82) is 0 Å². The number of nitrogens with one attached hydrogen (secondary N) is 2. The zero-order valence-corrected chi connectivity index (χ0v) is 12.2. The molecule has 0 spiro atoms. The molecular weight excluding hydrogens is 310 g/mol. The highest BCUT2D eigenvalue weighted by molar-refractivity contribution is 7.22. The monoisotopic (exact) mass is 319 g/mol. The number of thiazole rings is 1. The predicted molar refractivity (Wildman–Crippen MR) is 84.6 cm³/mol. The molecule has 4 N–H and O–H groups in total. The van der Waals surface area contributed by atoms with Crippen molar-refractivity contribution in [2.45, 2.75) is 0 Å². The molecule has 0 fully saturated rings. The number of amides is 1. The van der Waals surface area contributed by atoms with Gasteiger partial charge in [0.05, 0.1) is 15.8 Å². The van der Waals surface area contributed by atoms with E-state index < -0.39 is 0 Å². The Morgan fingerprint density at radius 1 is 1.33 bits per heavy atom. The fourth-order valence-electron chi connectivity index (χ4n) is 1.82. The average molecular weight is 320 g/mol. The Bertz CT molecular complexity index is 819. The number of halogens is 1. The lowest BCUT2D eigenvalue weighted by atomic mass is 10.2. The van der Waals surface area contributed by atoms with Gasteiger partial charge in [-0.3, -0.25) is 10.1 Å². The number of carbonyl (C=O) groups is 1. The Kier molecular flexibility index (Phi) is 3.70. The highest BCUT2D eigenvalue weighted by atomic mass is 35.5. The van der Waals surface area contributed by atoms with Gasteiger partial charge < -0.3 is 5.43 Å². The summed E-state index contributed by atoms with van der Waals surface area (Å²) in [5.74, 6) is 5.31. The van der Waals surface area contributed by atoms with E-state index >= 15 is 0 Å². The third-order valence-corrected chi connectivity index (χ3v) is 3.93. The normalized spacial score (nSPS) is 10.6. The minimum atomic E-state index is -0.332. The standard InChI is InChI=1S/C13H10ClN5OS/c14-7-3-4-9-10(6-7)21-13(17-9)18-12(20)8-2-1-5-16-11(8)19-15/h1-6H,15H2,(H,16,19)(H,17,18,20). The SMILES string of the molecule is NNc1ncccc1C(=O)Nc1nc2ccc(Cl)cc2s1. The minimum Gasteiger partial charge on any atom is -0.308 e. The number of hydrazine groups is 1. The van der Waals surface area contributed by atoms with E-state index in [9.17, 15) is 4.79 Å². The van der Waals surface area contributed by atoms with E-state index in [4.69, 9.17) is 17.4 Å². The van der Waals surface area contributed by atoms with Crippen LogP contribution in [0.5, 0.6) is 0 Å². The summed E-state index contributed by atoms with van der Waals surface area (Å²) in [6, 6.07) is 8.66. The fourth-order valence-corrected chi connectivity index (χ4v) is 2.96. The van der Waals surface area contributed by atoms with Gasteiger partial charge in [0.1, 0.15) is 0 Å². The molecule has 21 heavy (non-hydrogen) atoms. The number of nitrogens with zero attached hydrogens (tertiary/aromatic N) is 2. The number of aromatic nitrogens is 2. The molecular formula is C13H10ClN5OS. The van der Waals surface area contributed by atoms with Crippen molar-refractivity contribution in [2.75, 3.05) is 10.7 Å². The third kappa shape index (κ3) is 2.80. The van der Waals surface area contributed by atoms with Crippen molar-refractivity contribution >= 4 is 50.0 Å². The van der Waals surface area contributed by atoms with Crippen LogP contribution in [0, 0.1) is 0 Å². The van der Waals surface area contributed by atoms with Crippen LogP contribution in [0.25, 0.3) is 10.2 Å². The second-order valence-corrected chi connectivity index (χ2v) is 5.60. The highest BCUT2D eigenvalue weighted by Gasteiger charge is 2.14. The van der Waals surface area contributed by atoms with Crippen LogP contribution in [-0.4, -0.2) is 15.9 Å². The Balaban J connectivity index is 1.89. The number of hydrogen-bond acceptors (Lipinski definition) is 6. The molecule has 1 amide bonds. The second kappa shape index (κ2) is 5.65. The van der Waals surface area contributed by atoms with E-state index in [2.05, 4.69) is 20.7 Å². The Morgan fingerprint density at radius 2 is 2.19 bits per heavy atom. The summed E-state index contributed by atoms with van der Waals surface area (Å²) in [6.45, 7) is 0. The lowest BCUT2D eigenvalue weighted by Crippen LogP contribution is -2.18. The minimum absolute atomic E-state index is 0.305. The summed E-state index contributed by atoms with van der Waals surface area (Å²) in [5.41, 5.74) is 3.52. The molecule has 0 atom stereocenters. The van der Waals surface area contributed by atoms with Gasteiger partial charge in [0.15, 0.2) is 10.9 Å². The van der Waals surface area contributed by atoms with Gasteiger partial charge in [-0.1, -0.05) is 22.9 Å². The highest BCUT2D eigenvalue weighted by Crippen LogP contribution is 2.28. The molecule has 3 rings (SSSR count). The summed E-state index contributed by atoms with van der Waals surface area (Å²) in [6.07, 6.45) is 1.55. The zero-order valence-electron chi connectivity index (χ0n) is 10.6. The van der Waals surface area contributed by atoms with Crippen LogP contribution >= 0.6 is 22.9 Å². The van der Waals surface area contributed by atoms with Gasteiger partial charge in [-0.15, -0.1) is 0 Å². The van der Waals surface area contributed by atoms with Crippen LogP contribution in [0.4, 0.5) is 10.9 Å². The van der Waals surface area contributed by atoms with Gasteiger partial charge in [0.2, 0.25) is 0 Å². The average Bonchev–Trinajstić information content (AvgIpc) is 2.88. The van der Waals surface area contributed by atoms with Crippen LogP contribution in [0.3, 0.4) is 0 Å². The van der Waals surface area contributed by atoms with Crippen molar-refractivity contribution in [3.05, 3.63) is 47.1 Å². The van der Waals surface area contributed by atoms with E-state index in [1.807, 2.05) is 0 Å². The summed E-state index contributed by atoms with van der Waals surface area (Å²) in [4.78, 5) is 20.5. The molecule has 2 heterocycles. The van der Waals surface area contributed by atoms with Crippen LogP contribution in [0.2, 0.25) is 5.02 Å². The van der Waals surface area contributed by atoms with Gasteiger partial charge >= 0.3 is 0 Å². The molecule has 2 aromatic heterocycles. The number of pyridine rings is 1. The van der Waals surface area contributed by atoms with Crippen LogP contribution in [0.1, 0.15) is 10.4 Å². The Hall–Kier alpha value is -2.22. The van der Waals surface area contributed by atoms with Crippen molar-refractivity contribution in [3.8, 4) is 0 Å². The van der Waals surface area contributed by atoms with Crippen molar-refractivity contribution in [1.82, 2.24) is 9.97 Å². The fraction of sp³-hybridized carbons (Fsp3) is 0. The zero-order chi connectivity index (χ0) is 14.8. The summed E-state index contributed by atoms with van der Waals surface area (Å²) < 4.78 is 0.904. The molecule has 0 aliphatic heterocycles. The van der Waals surface area contributed by atoms with Crippen LogP contribution in [-0.2, 0) is 0 Å². The van der Waals surface area contributed by atoms with Gasteiger partial charge in [0, 0.05) is 11.2 Å². The number of carbonyl (C=O) groups excluding carboxylic acids is 1. The number of anilines is 2. The van der Waals surface area contributed by atoms with E-state index in [1.54, 1.807) is 36.5 Å². The number of benzene rings is 1. The molecule has 0 aliphatic rings. The van der Waals surface area contributed by atoms with Crippen molar-refractivity contribution in [3.63, 3.8) is 0 Å². The first-order valence-electron chi connectivity index (χ1n) is 5.96. The van der Waals surface area contributed by atoms with E-state index in [0.717, 1.165) is 10.2 Å². The molecule has 106 valence electrons. The Morgan fingerprint density at radius 3 is 3.00 bits per heavy atom. The lowest BCUT2D eigenvalue weighted by Gasteiger charge is -2.06. The van der Waals surface area contributed by atoms with Gasteiger partial charge in [-0.25, -0.2) is 15.8 Å². The smallest absolute Gasteiger partial charge is 0.261 e. The number of nitrogens with two attached hydrogens (primary N) is 1. The largest absolute Gasteiger partial charge is 0.308 e. The molecule has 0 saturated carbocycles. The molecule has 0 radical (unpaired) electrons. The predicted octanol–water partition coefficient (Wildman–Crippen LogP) is 2.88. The van der Waals surface area contributed by atoms with Crippen molar-refractivity contribution < 1.29 is 4.79 Å². The maximum absolute atomic E-state index is 12.2. The number of rotatable bonds is 3. The van der Waals surface area contributed by atoms with Gasteiger partial charge in [-0.2, -0.15) is 0 Å². The first kappa shape index (κ1) is 13.7. The molecule has 0 bridgehead atoms. The Labute approximate surface area is 128 Å². The molecule has 0 unspecified atom stereocenters. The van der Waals surface area contributed by atoms with Crippen molar-refractivity contribution in [2.24, 2.45) is 5.84 Å². The molecule has 8 heteroatoms. The van der Waals surface area contributed by atoms with Crippen LogP contribution < -0.4 is 16.6 Å². The maximum atomic E-state index is 12.2. The first-order valence-corrected chi connectivity index (χ1v) is 7.16.